The van der Waals surface area contributed by atoms with Crippen molar-refractivity contribution in [3.8, 4) is 5.75 Å². The van der Waals surface area contributed by atoms with Gasteiger partial charge in [-0.25, -0.2) is 0 Å². The maximum Gasteiger partial charge on any atom is 0.177 e. The van der Waals surface area contributed by atoms with Crippen molar-refractivity contribution < 1.29 is 13.9 Å². The number of carbonyl (C=O) groups excluding carboxylic acids is 1. The molecule has 0 amide bonds. The average Bonchev–Trinajstić information content (AvgIpc) is 2.97. The molecule has 0 aliphatic carbocycles. The molecule has 3 nitrogen and oxygen atoms in total. The molecule has 2 aromatic carbocycles. The molecule has 0 fully saturated rings. The van der Waals surface area contributed by atoms with E-state index in [9.17, 15) is 4.79 Å². The van der Waals surface area contributed by atoms with Gasteiger partial charge in [0.25, 0.3) is 0 Å². The van der Waals surface area contributed by atoms with Gasteiger partial charge < -0.3 is 9.15 Å². The van der Waals surface area contributed by atoms with Gasteiger partial charge in [-0.1, -0.05) is 30.3 Å². The van der Waals surface area contributed by atoms with Crippen LogP contribution in [0.1, 0.15) is 21.8 Å². The molecule has 0 saturated heterocycles. The van der Waals surface area contributed by atoms with Crippen molar-refractivity contribution in [3.63, 3.8) is 0 Å². The second-order valence-corrected chi connectivity index (χ2v) is 4.91. The molecule has 20 heavy (non-hydrogen) atoms. The Morgan fingerprint density at radius 2 is 1.85 bits per heavy atom. The number of rotatable bonds is 1. The molecule has 0 bridgehead atoms. The van der Waals surface area contributed by atoms with Crippen LogP contribution in [-0.2, 0) is 0 Å². The maximum atomic E-state index is 12.7. The van der Waals surface area contributed by atoms with Crippen LogP contribution >= 0.6 is 0 Å². The van der Waals surface area contributed by atoms with Gasteiger partial charge in [0, 0.05) is 0 Å². The summed E-state index contributed by atoms with van der Waals surface area (Å²) in [5, 5.41) is 0.863. The van der Waals surface area contributed by atoms with Gasteiger partial charge in [0.05, 0.1) is 23.1 Å². The van der Waals surface area contributed by atoms with Gasteiger partial charge in [-0.05, 0) is 23.8 Å². The first-order valence-corrected chi connectivity index (χ1v) is 6.57. The quantitative estimate of drug-likeness (QED) is 0.671. The second kappa shape index (κ2) is 4.23. The topological polar surface area (TPSA) is 39.4 Å². The Morgan fingerprint density at radius 3 is 2.70 bits per heavy atom. The van der Waals surface area contributed by atoms with Crippen LogP contribution in [0.25, 0.3) is 11.0 Å². The molecule has 1 aromatic heterocycles. The lowest BCUT2D eigenvalue weighted by Gasteiger charge is -2.24. The van der Waals surface area contributed by atoms with Crippen molar-refractivity contribution in [2.45, 2.75) is 5.92 Å². The Bertz CT molecular complexity index is 786. The number of fused-ring (bicyclic) bond motifs is 3. The standard InChI is InChI=1S/C17H12O3/c18-16-13-6-7-15-12(8-9-19-15)17(13)20-10-14(16)11-4-2-1-3-5-11/h1-9,14H,10H2. The summed E-state index contributed by atoms with van der Waals surface area (Å²) in [5.41, 5.74) is 2.38. The zero-order valence-corrected chi connectivity index (χ0v) is 10.7. The van der Waals surface area contributed by atoms with Crippen LogP contribution in [0.4, 0.5) is 0 Å². The Morgan fingerprint density at radius 1 is 1.00 bits per heavy atom. The molecule has 1 aliphatic rings. The summed E-state index contributed by atoms with van der Waals surface area (Å²) < 4.78 is 11.2. The fourth-order valence-electron chi connectivity index (χ4n) is 2.73. The fraction of sp³-hybridized carbons (Fsp3) is 0.118. The van der Waals surface area contributed by atoms with E-state index in [1.165, 1.54) is 0 Å². The highest BCUT2D eigenvalue weighted by molar-refractivity contribution is 6.08. The third-order valence-electron chi connectivity index (χ3n) is 3.76. The minimum Gasteiger partial charge on any atom is -0.491 e. The van der Waals surface area contributed by atoms with Gasteiger partial charge in [-0.15, -0.1) is 0 Å². The molecule has 98 valence electrons. The first kappa shape index (κ1) is 11.3. The monoisotopic (exact) mass is 264 g/mol. The second-order valence-electron chi connectivity index (χ2n) is 4.91. The molecule has 0 radical (unpaired) electrons. The molecule has 2 heterocycles. The van der Waals surface area contributed by atoms with Crippen LogP contribution in [0.5, 0.6) is 5.75 Å². The highest BCUT2D eigenvalue weighted by atomic mass is 16.5. The number of benzene rings is 2. The first-order chi connectivity index (χ1) is 9.84. The smallest absolute Gasteiger partial charge is 0.177 e. The molecule has 0 saturated carbocycles. The summed E-state index contributed by atoms with van der Waals surface area (Å²) >= 11 is 0. The van der Waals surface area contributed by atoms with Gasteiger partial charge in [-0.2, -0.15) is 0 Å². The minimum atomic E-state index is -0.229. The molecule has 4 rings (SSSR count). The van der Waals surface area contributed by atoms with Gasteiger partial charge in [0.2, 0.25) is 0 Å². The zero-order valence-electron chi connectivity index (χ0n) is 10.7. The van der Waals surface area contributed by atoms with Crippen molar-refractivity contribution >= 4 is 16.8 Å². The lowest BCUT2D eigenvalue weighted by Crippen LogP contribution is -2.26. The van der Waals surface area contributed by atoms with Crippen LogP contribution in [0.2, 0.25) is 0 Å². The number of carbonyl (C=O) groups is 1. The SMILES string of the molecule is O=C1c2ccc3occc3c2OCC1c1ccccc1. The highest BCUT2D eigenvalue weighted by Crippen LogP contribution is 2.38. The van der Waals surface area contributed by atoms with E-state index in [2.05, 4.69) is 0 Å². The molecule has 3 aromatic rings. The Hall–Kier alpha value is -2.55. The largest absolute Gasteiger partial charge is 0.491 e. The van der Waals surface area contributed by atoms with Gasteiger partial charge in [-0.3, -0.25) is 4.79 Å². The Kier molecular flexibility index (Phi) is 2.39. The van der Waals surface area contributed by atoms with Crippen LogP contribution in [-0.4, -0.2) is 12.4 Å². The Labute approximate surface area is 115 Å². The molecule has 1 unspecified atom stereocenters. The highest BCUT2D eigenvalue weighted by Gasteiger charge is 2.31. The molecule has 0 N–H and O–H groups in total. The van der Waals surface area contributed by atoms with Crippen molar-refractivity contribution in [2.75, 3.05) is 6.61 Å². The van der Waals surface area contributed by atoms with E-state index in [0.717, 1.165) is 16.5 Å². The summed E-state index contributed by atoms with van der Waals surface area (Å²) in [6.45, 7) is 0.375. The van der Waals surface area contributed by atoms with Gasteiger partial charge >= 0.3 is 0 Å². The van der Waals surface area contributed by atoms with Crippen LogP contribution < -0.4 is 4.74 Å². The van der Waals surface area contributed by atoms with E-state index in [0.29, 0.717) is 17.9 Å². The van der Waals surface area contributed by atoms with E-state index in [1.807, 2.05) is 42.5 Å². The van der Waals surface area contributed by atoms with Gasteiger partial charge in [0.1, 0.15) is 17.9 Å². The number of ketones is 1. The maximum absolute atomic E-state index is 12.7. The third kappa shape index (κ3) is 1.56. The summed E-state index contributed by atoms with van der Waals surface area (Å²) in [4.78, 5) is 12.7. The van der Waals surface area contributed by atoms with Crippen LogP contribution in [0.3, 0.4) is 0 Å². The molecule has 0 spiro atoms. The van der Waals surface area contributed by atoms with Gasteiger partial charge in [0.15, 0.2) is 5.78 Å². The number of hydrogen-bond acceptors (Lipinski definition) is 3. The van der Waals surface area contributed by atoms with E-state index in [-0.39, 0.29) is 11.7 Å². The minimum absolute atomic E-state index is 0.112. The number of hydrogen-bond donors (Lipinski definition) is 0. The lowest BCUT2D eigenvalue weighted by molar-refractivity contribution is 0.0898. The predicted molar refractivity (Wildman–Crippen MR) is 75.2 cm³/mol. The van der Waals surface area contributed by atoms with Crippen LogP contribution in [0, 0.1) is 0 Å². The van der Waals surface area contributed by atoms with E-state index < -0.39 is 0 Å². The fourth-order valence-corrected chi connectivity index (χ4v) is 2.73. The summed E-state index contributed by atoms with van der Waals surface area (Å²) in [5.74, 6) is 0.530. The summed E-state index contributed by atoms with van der Waals surface area (Å²) in [6, 6.07) is 15.2. The van der Waals surface area contributed by atoms with Crippen molar-refractivity contribution in [2.24, 2.45) is 0 Å². The first-order valence-electron chi connectivity index (χ1n) is 6.57. The van der Waals surface area contributed by atoms with Crippen molar-refractivity contribution in [3.05, 3.63) is 65.9 Å². The summed E-state index contributed by atoms with van der Waals surface area (Å²) in [7, 11) is 0. The molecule has 1 aliphatic heterocycles. The third-order valence-corrected chi connectivity index (χ3v) is 3.76. The molecular weight excluding hydrogens is 252 g/mol. The van der Waals surface area contributed by atoms with E-state index in [4.69, 9.17) is 9.15 Å². The van der Waals surface area contributed by atoms with E-state index >= 15 is 0 Å². The zero-order chi connectivity index (χ0) is 13.5. The Balaban J connectivity index is 1.83. The van der Waals surface area contributed by atoms with E-state index in [1.54, 1.807) is 12.3 Å². The number of ether oxygens (including phenoxy) is 1. The van der Waals surface area contributed by atoms with Crippen LogP contribution in [0.15, 0.2) is 59.2 Å². The predicted octanol–water partition coefficient (Wildman–Crippen LogP) is 3.79. The van der Waals surface area contributed by atoms with Crippen molar-refractivity contribution in [1.82, 2.24) is 0 Å². The number of furan rings is 1. The molecule has 1 atom stereocenters. The normalized spacial score (nSPS) is 17.8. The lowest BCUT2D eigenvalue weighted by atomic mass is 9.88. The summed E-state index contributed by atoms with van der Waals surface area (Å²) in [6.07, 6.45) is 1.61. The molecular formula is C17H12O3. The molecule has 3 heteroatoms. The van der Waals surface area contributed by atoms with Crippen molar-refractivity contribution in [1.29, 1.82) is 0 Å². The number of Topliss-reactive ketones (excluding diaryl/α,β-unsaturated/α-hetero) is 1. The average molecular weight is 264 g/mol.